The van der Waals surface area contributed by atoms with Gasteiger partial charge in [0.1, 0.15) is 11.6 Å². The molecule has 0 heterocycles. The average molecular weight is 388 g/mol. The second kappa shape index (κ2) is 6.39. The molecule has 0 spiro atoms. The van der Waals surface area contributed by atoms with Crippen molar-refractivity contribution in [2.45, 2.75) is 51.4 Å². The van der Waals surface area contributed by atoms with E-state index in [0.717, 1.165) is 25.7 Å². The number of hydrogen-bond donors (Lipinski definition) is 2. The van der Waals surface area contributed by atoms with Crippen molar-refractivity contribution in [2.24, 2.45) is 59.2 Å². The quantitative estimate of drug-likeness (QED) is 0.753. The molecule has 2 N–H and O–H groups in total. The lowest BCUT2D eigenvalue weighted by Gasteiger charge is -2.39. The third-order valence-electron chi connectivity index (χ3n) is 9.15. The van der Waals surface area contributed by atoms with E-state index in [9.17, 15) is 29.4 Å². The largest absolute Gasteiger partial charge is 0.481 e. The number of hydrogen-bond acceptors (Lipinski definition) is 4. The Bertz CT molecular complexity index is 681. The topological polar surface area (TPSA) is 109 Å². The zero-order valence-corrected chi connectivity index (χ0v) is 16.0. The predicted octanol–water partition coefficient (Wildman–Crippen LogP) is 2.64. The fourth-order valence-electron chi connectivity index (χ4n) is 7.93. The van der Waals surface area contributed by atoms with Crippen molar-refractivity contribution >= 4 is 23.5 Å². The Kier molecular flexibility index (Phi) is 4.18. The van der Waals surface area contributed by atoms with Gasteiger partial charge in [0.25, 0.3) is 0 Å². The molecule has 0 aromatic rings. The van der Waals surface area contributed by atoms with E-state index < -0.39 is 23.8 Å². The zero-order valence-electron chi connectivity index (χ0n) is 16.0. The molecule has 0 amide bonds. The van der Waals surface area contributed by atoms with Gasteiger partial charge < -0.3 is 10.2 Å². The van der Waals surface area contributed by atoms with Crippen LogP contribution in [0.15, 0.2) is 0 Å². The molecule has 5 rings (SSSR count). The van der Waals surface area contributed by atoms with Crippen molar-refractivity contribution < 1.29 is 29.4 Å². The highest BCUT2D eigenvalue weighted by atomic mass is 16.4. The highest BCUT2D eigenvalue weighted by molar-refractivity contribution is 5.90. The van der Waals surface area contributed by atoms with Gasteiger partial charge in [-0.3, -0.25) is 19.2 Å². The number of carbonyl (C=O) groups is 4. The van der Waals surface area contributed by atoms with Crippen molar-refractivity contribution in [1.82, 2.24) is 0 Å². The van der Waals surface area contributed by atoms with Crippen molar-refractivity contribution in [3.8, 4) is 0 Å². The maximum absolute atomic E-state index is 13.2. The lowest BCUT2D eigenvalue weighted by molar-refractivity contribution is -0.145. The fraction of sp³-hybridized carbons (Fsp3) is 0.818. The van der Waals surface area contributed by atoms with Crippen LogP contribution in [-0.4, -0.2) is 33.7 Å². The zero-order chi connectivity index (χ0) is 19.7. The summed E-state index contributed by atoms with van der Waals surface area (Å²) in [5, 5.41) is 18.7. The number of carboxylic acid groups (broad SMARTS) is 2. The van der Waals surface area contributed by atoms with Crippen LogP contribution in [0.5, 0.6) is 0 Å². The van der Waals surface area contributed by atoms with Crippen LogP contribution in [0.4, 0.5) is 0 Å². The minimum atomic E-state index is -0.786. The van der Waals surface area contributed by atoms with Crippen LogP contribution < -0.4 is 0 Å². The first kappa shape index (κ1) is 18.3. The Morgan fingerprint density at radius 1 is 0.571 bits per heavy atom. The number of carboxylic acids is 2. The summed E-state index contributed by atoms with van der Waals surface area (Å²) in [5.74, 6) is -1.17. The second-order valence-corrected chi connectivity index (χ2v) is 10.1. The van der Waals surface area contributed by atoms with Gasteiger partial charge in [0.15, 0.2) is 0 Å². The van der Waals surface area contributed by atoms with Gasteiger partial charge >= 0.3 is 11.9 Å². The number of Topliss-reactive ketones (excluding diaryl/α,β-unsaturated/α-hetero) is 2. The summed E-state index contributed by atoms with van der Waals surface area (Å²) < 4.78 is 0. The first-order valence-corrected chi connectivity index (χ1v) is 10.9. The van der Waals surface area contributed by atoms with Gasteiger partial charge in [0, 0.05) is 23.7 Å². The van der Waals surface area contributed by atoms with Crippen LogP contribution in [0, 0.1) is 59.2 Å². The first-order chi connectivity index (χ1) is 13.4. The lowest BCUT2D eigenvalue weighted by atomic mass is 9.64. The van der Waals surface area contributed by atoms with E-state index in [0.29, 0.717) is 25.7 Å². The minimum absolute atomic E-state index is 0.00691. The van der Waals surface area contributed by atoms with Crippen molar-refractivity contribution in [3.63, 3.8) is 0 Å². The Labute approximate surface area is 164 Å². The highest BCUT2D eigenvalue weighted by Gasteiger charge is 2.61. The summed E-state index contributed by atoms with van der Waals surface area (Å²) in [4.78, 5) is 49.1. The van der Waals surface area contributed by atoms with E-state index in [4.69, 9.17) is 0 Å². The molecule has 6 nitrogen and oxygen atoms in total. The average Bonchev–Trinajstić information content (AvgIpc) is 3.12. The molecule has 6 heteroatoms. The normalized spacial score (nSPS) is 49.7. The van der Waals surface area contributed by atoms with E-state index in [2.05, 4.69) is 0 Å². The van der Waals surface area contributed by atoms with Crippen molar-refractivity contribution in [2.75, 3.05) is 0 Å². The lowest BCUT2D eigenvalue weighted by Crippen LogP contribution is -2.35. The van der Waals surface area contributed by atoms with Crippen LogP contribution in [0.25, 0.3) is 0 Å². The summed E-state index contributed by atoms with van der Waals surface area (Å²) in [7, 11) is 0. The number of carbonyl (C=O) groups excluding carboxylic acids is 2. The molecular weight excluding hydrogens is 360 g/mol. The van der Waals surface area contributed by atoms with Gasteiger partial charge in [-0.2, -0.15) is 0 Å². The molecule has 0 radical (unpaired) electrons. The molecular formula is C22H28O6. The molecule has 0 aromatic carbocycles. The maximum Gasteiger partial charge on any atom is 0.306 e. The van der Waals surface area contributed by atoms with E-state index in [1.54, 1.807) is 0 Å². The first-order valence-electron chi connectivity index (χ1n) is 10.9. The van der Waals surface area contributed by atoms with Gasteiger partial charge in [-0.25, -0.2) is 0 Å². The van der Waals surface area contributed by atoms with Crippen LogP contribution >= 0.6 is 0 Å². The Morgan fingerprint density at radius 2 is 0.929 bits per heavy atom. The Balaban J connectivity index is 1.36. The van der Waals surface area contributed by atoms with E-state index in [1.165, 1.54) is 0 Å². The van der Waals surface area contributed by atoms with Crippen molar-refractivity contribution in [1.29, 1.82) is 0 Å². The van der Waals surface area contributed by atoms with Crippen LogP contribution in [-0.2, 0) is 19.2 Å². The van der Waals surface area contributed by atoms with Crippen molar-refractivity contribution in [3.05, 3.63) is 0 Å². The monoisotopic (exact) mass is 388 g/mol. The molecule has 0 aromatic heterocycles. The number of ketones is 2. The molecule has 5 saturated carbocycles. The van der Waals surface area contributed by atoms with Gasteiger partial charge in [-0.1, -0.05) is 0 Å². The van der Waals surface area contributed by atoms with Gasteiger partial charge in [-0.05, 0) is 75.0 Å². The van der Waals surface area contributed by atoms with Crippen LogP contribution in [0.2, 0.25) is 0 Å². The molecule has 152 valence electrons. The summed E-state index contributed by atoms with van der Waals surface area (Å²) in [5.41, 5.74) is 0. The summed E-state index contributed by atoms with van der Waals surface area (Å²) >= 11 is 0. The number of rotatable bonds is 2. The standard InChI is InChI=1S/C22H28O6/c23-19-15-5-9(21(25)26)1-3-11(15)13-7-18-14(8-17(13)19)12-4-2-10(22(27)28)6-16(12)20(18)24/h9-18H,1-8H2,(H,25,26)(H,27,28). The fourth-order valence-corrected chi connectivity index (χ4v) is 7.93. The number of aliphatic carboxylic acids is 2. The SMILES string of the molecule is O=C(O)C1CCC2C(C1)C(=O)C1CC3C(CC12)C(=O)C1CC(C(=O)O)CCC13. The third kappa shape index (κ3) is 2.52. The minimum Gasteiger partial charge on any atom is -0.481 e. The van der Waals surface area contributed by atoms with E-state index >= 15 is 0 Å². The molecule has 10 unspecified atom stereocenters. The Hall–Kier alpha value is -1.72. The summed E-state index contributed by atoms with van der Waals surface area (Å²) in [6, 6.07) is 0. The van der Waals surface area contributed by atoms with Crippen LogP contribution in [0.3, 0.4) is 0 Å². The Morgan fingerprint density at radius 3 is 1.29 bits per heavy atom. The highest BCUT2D eigenvalue weighted by Crippen LogP contribution is 2.61. The predicted molar refractivity (Wildman–Crippen MR) is 97.1 cm³/mol. The second-order valence-electron chi connectivity index (χ2n) is 10.1. The van der Waals surface area contributed by atoms with E-state index in [-0.39, 0.29) is 58.9 Å². The summed E-state index contributed by atoms with van der Waals surface area (Å²) in [6.45, 7) is 0. The molecule has 5 aliphatic rings. The van der Waals surface area contributed by atoms with Crippen LogP contribution in [0.1, 0.15) is 51.4 Å². The molecule has 5 aliphatic carbocycles. The maximum atomic E-state index is 13.2. The molecule has 28 heavy (non-hydrogen) atoms. The number of fused-ring (bicyclic) bond motifs is 6. The smallest absolute Gasteiger partial charge is 0.306 e. The molecule has 10 atom stereocenters. The molecule has 0 bridgehead atoms. The third-order valence-corrected chi connectivity index (χ3v) is 9.15. The molecule has 5 fully saturated rings. The van der Waals surface area contributed by atoms with E-state index in [1.807, 2.05) is 0 Å². The van der Waals surface area contributed by atoms with Gasteiger partial charge in [-0.15, -0.1) is 0 Å². The van der Waals surface area contributed by atoms with Gasteiger partial charge in [0.2, 0.25) is 0 Å². The molecule has 0 aliphatic heterocycles. The molecule has 0 saturated heterocycles. The van der Waals surface area contributed by atoms with Gasteiger partial charge in [0.05, 0.1) is 11.8 Å². The summed E-state index contributed by atoms with van der Waals surface area (Å²) in [6.07, 6.45) is 5.33.